The minimum atomic E-state index is 0.102. The van der Waals surface area contributed by atoms with Crippen LogP contribution in [-0.4, -0.2) is 14.9 Å². The van der Waals surface area contributed by atoms with Crippen LogP contribution in [0.2, 0.25) is 0 Å². The summed E-state index contributed by atoms with van der Waals surface area (Å²) >= 11 is 0. The Balaban J connectivity index is 2.04. The number of aliphatic hydroxyl groups is 1. The minimum absolute atomic E-state index is 0.102. The number of aliphatic hydroxyl groups excluding tert-OH is 1. The van der Waals surface area contributed by atoms with E-state index in [1.165, 1.54) is 12.8 Å². The third-order valence-electron chi connectivity index (χ3n) is 3.02. The Morgan fingerprint density at radius 3 is 3.00 bits per heavy atom. The van der Waals surface area contributed by atoms with E-state index in [2.05, 4.69) is 9.78 Å². The van der Waals surface area contributed by atoms with Gasteiger partial charge in [0, 0.05) is 11.9 Å². The molecule has 3 nitrogen and oxygen atoms in total. The topological polar surface area (TPSA) is 38.1 Å². The number of fused-ring (bicyclic) bond motifs is 1. The van der Waals surface area contributed by atoms with E-state index < -0.39 is 0 Å². The molecule has 1 N–H and O–H groups in total. The molecular weight excluding hydrogens is 188 g/mol. The first-order valence-electron chi connectivity index (χ1n) is 5.42. The van der Waals surface area contributed by atoms with Gasteiger partial charge in [-0.1, -0.05) is 12.1 Å². The van der Waals surface area contributed by atoms with Crippen LogP contribution in [0.4, 0.5) is 0 Å². The maximum Gasteiger partial charge on any atom is 0.0686 e. The van der Waals surface area contributed by atoms with Gasteiger partial charge in [-0.05, 0) is 30.4 Å². The SMILES string of the molecule is OCc1ccc2cnn(CC3CC3)c2c1. The van der Waals surface area contributed by atoms with Gasteiger partial charge in [0.25, 0.3) is 0 Å². The fourth-order valence-corrected chi connectivity index (χ4v) is 1.90. The molecule has 0 radical (unpaired) electrons. The van der Waals surface area contributed by atoms with Gasteiger partial charge in [0.2, 0.25) is 0 Å². The van der Waals surface area contributed by atoms with Crippen molar-refractivity contribution in [3.8, 4) is 0 Å². The third-order valence-corrected chi connectivity index (χ3v) is 3.02. The van der Waals surface area contributed by atoms with Gasteiger partial charge in [0.05, 0.1) is 18.3 Å². The predicted molar refractivity (Wildman–Crippen MR) is 58.4 cm³/mol. The zero-order chi connectivity index (χ0) is 10.3. The van der Waals surface area contributed by atoms with Crippen LogP contribution in [-0.2, 0) is 13.2 Å². The van der Waals surface area contributed by atoms with Crippen molar-refractivity contribution in [3.05, 3.63) is 30.0 Å². The molecule has 1 aliphatic carbocycles. The average molecular weight is 202 g/mol. The summed E-state index contributed by atoms with van der Waals surface area (Å²) in [5, 5.41) is 14.6. The van der Waals surface area contributed by atoms with Crippen LogP contribution in [0, 0.1) is 5.92 Å². The lowest BCUT2D eigenvalue weighted by Crippen LogP contribution is -2.01. The number of hydrogen-bond donors (Lipinski definition) is 1. The Hall–Kier alpha value is -1.35. The fraction of sp³-hybridized carbons (Fsp3) is 0.417. The van der Waals surface area contributed by atoms with E-state index in [4.69, 9.17) is 5.11 Å². The van der Waals surface area contributed by atoms with E-state index in [0.717, 1.165) is 28.9 Å². The van der Waals surface area contributed by atoms with Crippen molar-refractivity contribution in [1.82, 2.24) is 9.78 Å². The molecule has 0 atom stereocenters. The summed E-state index contributed by atoms with van der Waals surface area (Å²) in [5.74, 6) is 0.825. The lowest BCUT2D eigenvalue weighted by molar-refractivity contribution is 0.282. The van der Waals surface area contributed by atoms with Crippen molar-refractivity contribution in [2.24, 2.45) is 5.92 Å². The van der Waals surface area contributed by atoms with Crippen molar-refractivity contribution in [3.63, 3.8) is 0 Å². The first-order chi connectivity index (χ1) is 7.36. The molecule has 1 heterocycles. The standard InChI is InChI=1S/C12H14N2O/c15-8-10-3-4-11-6-13-14(12(11)5-10)7-9-1-2-9/h3-6,9,15H,1-2,7-8H2. The van der Waals surface area contributed by atoms with E-state index in [1.807, 2.05) is 24.4 Å². The van der Waals surface area contributed by atoms with E-state index in [1.54, 1.807) is 0 Å². The first kappa shape index (κ1) is 8.92. The van der Waals surface area contributed by atoms with Gasteiger partial charge < -0.3 is 5.11 Å². The highest BCUT2D eigenvalue weighted by Crippen LogP contribution is 2.31. The number of benzene rings is 1. The summed E-state index contributed by atoms with van der Waals surface area (Å²) in [6, 6.07) is 6.01. The molecule has 1 aromatic heterocycles. The summed E-state index contributed by atoms with van der Waals surface area (Å²) < 4.78 is 2.06. The molecule has 1 aromatic carbocycles. The Kier molecular flexibility index (Phi) is 1.99. The van der Waals surface area contributed by atoms with Gasteiger partial charge in [-0.3, -0.25) is 4.68 Å². The molecule has 0 aliphatic heterocycles. The summed E-state index contributed by atoms with van der Waals surface area (Å²) in [7, 11) is 0. The summed E-state index contributed by atoms with van der Waals surface area (Å²) in [4.78, 5) is 0. The first-order valence-corrected chi connectivity index (χ1v) is 5.42. The Morgan fingerprint density at radius 1 is 1.40 bits per heavy atom. The molecular formula is C12H14N2O. The Bertz CT molecular complexity index is 485. The highest BCUT2D eigenvalue weighted by Gasteiger charge is 2.22. The van der Waals surface area contributed by atoms with E-state index in [-0.39, 0.29) is 6.61 Å². The molecule has 1 fully saturated rings. The molecule has 15 heavy (non-hydrogen) atoms. The number of nitrogens with zero attached hydrogens (tertiary/aromatic N) is 2. The van der Waals surface area contributed by atoms with Gasteiger partial charge >= 0.3 is 0 Å². The van der Waals surface area contributed by atoms with Crippen molar-refractivity contribution in [2.45, 2.75) is 26.0 Å². The molecule has 2 aromatic rings. The maximum atomic E-state index is 9.09. The van der Waals surface area contributed by atoms with Gasteiger partial charge in [-0.15, -0.1) is 0 Å². The quantitative estimate of drug-likeness (QED) is 0.826. The molecule has 3 rings (SSSR count). The molecule has 0 saturated heterocycles. The molecule has 1 aliphatic rings. The number of aromatic nitrogens is 2. The van der Waals surface area contributed by atoms with Crippen molar-refractivity contribution in [2.75, 3.05) is 0 Å². The molecule has 0 unspecified atom stereocenters. The zero-order valence-corrected chi connectivity index (χ0v) is 8.56. The van der Waals surface area contributed by atoms with Crippen LogP contribution in [0.15, 0.2) is 24.4 Å². The van der Waals surface area contributed by atoms with E-state index in [9.17, 15) is 0 Å². The molecule has 0 amide bonds. The summed E-state index contributed by atoms with van der Waals surface area (Å²) in [6.45, 7) is 1.13. The minimum Gasteiger partial charge on any atom is -0.392 e. The largest absolute Gasteiger partial charge is 0.392 e. The van der Waals surface area contributed by atoms with E-state index >= 15 is 0 Å². The van der Waals surface area contributed by atoms with Crippen LogP contribution >= 0.6 is 0 Å². The monoisotopic (exact) mass is 202 g/mol. The normalized spacial score (nSPS) is 16.1. The van der Waals surface area contributed by atoms with Crippen LogP contribution < -0.4 is 0 Å². The van der Waals surface area contributed by atoms with Crippen molar-refractivity contribution in [1.29, 1.82) is 0 Å². The van der Waals surface area contributed by atoms with Crippen molar-refractivity contribution >= 4 is 10.9 Å². The Labute approximate surface area is 88.3 Å². The molecule has 78 valence electrons. The van der Waals surface area contributed by atoms with Gasteiger partial charge in [-0.25, -0.2) is 0 Å². The van der Waals surface area contributed by atoms with Crippen molar-refractivity contribution < 1.29 is 5.11 Å². The van der Waals surface area contributed by atoms with Gasteiger partial charge in [-0.2, -0.15) is 5.10 Å². The van der Waals surface area contributed by atoms with Crippen LogP contribution in [0.5, 0.6) is 0 Å². The lowest BCUT2D eigenvalue weighted by Gasteiger charge is -2.02. The average Bonchev–Trinajstić information content (AvgIpc) is 3.00. The summed E-state index contributed by atoms with van der Waals surface area (Å²) in [5.41, 5.74) is 2.11. The lowest BCUT2D eigenvalue weighted by atomic mass is 10.2. The Morgan fingerprint density at radius 2 is 2.27 bits per heavy atom. The molecule has 1 saturated carbocycles. The highest BCUT2D eigenvalue weighted by atomic mass is 16.3. The van der Waals surface area contributed by atoms with E-state index in [0.29, 0.717) is 0 Å². The second kappa shape index (κ2) is 3.35. The second-order valence-corrected chi connectivity index (χ2v) is 4.32. The predicted octanol–water partition coefficient (Wildman–Crippen LogP) is 1.94. The van der Waals surface area contributed by atoms with Gasteiger partial charge in [0.1, 0.15) is 0 Å². The van der Waals surface area contributed by atoms with Crippen LogP contribution in [0.3, 0.4) is 0 Å². The zero-order valence-electron chi connectivity index (χ0n) is 8.56. The highest BCUT2D eigenvalue weighted by molar-refractivity contribution is 5.79. The molecule has 3 heteroatoms. The maximum absolute atomic E-state index is 9.09. The summed E-state index contributed by atoms with van der Waals surface area (Å²) in [6.07, 6.45) is 4.57. The fourth-order valence-electron chi connectivity index (χ4n) is 1.90. The van der Waals surface area contributed by atoms with Crippen LogP contribution in [0.1, 0.15) is 18.4 Å². The molecule has 0 bridgehead atoms. The second-order valence-electron chi connectivity index (χ2n) is 4.32. The smallest absolute Gasteiger partial charge is 0.0686 e. The van der Waals surface area contributed by atoms with Gasteiger partial charge in [0.15, 0.2) is 0 Å². The number of hydrogen-bond acceptors (Lipinski definition) is 2. The van der Waals surface area contributed by atoms with Crippen LogP contribution in [0.25, 0.3) is 10.9 Å². The third kappa shape index (κ3) is 1.63. The number of rotatable bonds is 3. The molecule has 0 spiro atoms.